The van der Waals surface area contributed by atoms with Gasteiger partial charge in [0.2, 0.25) is 11.7 Å². The molecule has 2 aromatic rings. The van der Waals surface area contributed by atoms with Crippen LogP contribution in [-0.2, 0) is 6.54 Å². The molecule has 1 spiro atoms. The lowest BCUT2D eigenvalue weighted by Gasteiger charge is -2.49. The molecule has 6 nitrogen and oxygen atoms in total. The number of piperazine rings is 1. The number of aromatic nitrogens is 2. The van der Waals surface area contributed by atoms with E-state index in [0.29, 0.717) is 17.5 Å². The lowest BCUT2D eigenvalue weighted by atomic mass is 9.79. The first kappa shape index (κ1) is 14.0. The fourth-order valence-corrected chi connectivity index (χ4v) is 3.82. The van der Waals surface area contributed by atoms with E-state index in [-0.39, 0.29) is 5.54 Å². The summed E-state index contributed by atoms with van der Waals surface area (Å²) >= 11 is 0. The third-order valence-corrected chi connectivity index (χ3v) is 5.00. The summed E-state index contributed by atoms with van der Waals surface area (Å²) in [5, 5.41) is 7.60. The summed E-state index contributed by atoms with van der Waals surface area (Å²) in [5.41, 5.74) is 0.274. The highest BCUT2D eigenvalue weighted by Crippen LogP contribution is 2.35. The second-order valence-corrected chi connectivity index (χ2v) is 6.37. The second kappa shape index (κ2) is 5.85. The van der Waals surface area contributed by atoms with Gasteiger partial charge in [0.05, 0.1) is 12.8 Å². The summed E-state index contributed by atoms with van der Waals surface area (Å²) in [4.78, 5) is 7.03. The van der Waals surface area contributed by atoms with Gasteiger partial charge in [-0.25, -0.2) is 0 Å². The van der Waals surface area contributed by atoms with Crippen LogP contribution in [-0.4, -0.2) is 40.2 Å². The maximum absolute atomic E-state index is 5.44. The summed E-state index contributed by atoms with van der Waals surface area (Å²) in [6.45, 7) is 3.88. The van der Waals surface area contributed by atoms with E-state index in [1.165, 1.54) is 32.1 Å². The Morgan fingerprint density at radius 3 is 3.00 bits per heavy atom. The van der Waals surface area contributed by atoms with Crippen LogP contribution in [0.1, 0.15) is 38.0 Å². The van der Waals surface area contributed by atoms with E-state index in [2.05, 4.69) is 20.4 Å². The Balaban J connectivity index is 1.51. The third kappa shape index (κ3) is 2.57. The van der Waals surface area contributed by atoms with Crippen molar-refractivity contribution in [2.24, 2.45) is 0 Å². The molecular weight excluding hydrogens is 280 g/mol. The van der Waals surface area contributed by atoms with E-state index >= 15 is 0 Å². The average molecular weight is 302 g/mol. The predicted molar refractivity (Wildman–Crippen MR) is 81.1 cm³/mol. The molecule has 2 aliphatic rings. The molecule has 4 rings (SSSR count). The maximum atomic E-state index is 5.44. The van der Waals surface area contributed by atoms with Gasteiger partial charge < -0.3 is 14.3 Å². The van der Waals surface area contributed by atoms with Gasteiger partial charge in [-0.3, -0.25) is 4.90 Å². The Kier molecular flexibility index (Phi) is 3.72. The van der Waals surface area contributed by atoms with Crippen molar-refractivity contribution in [2.75, 3.05) is 19.6 Å². The Morgan fingerprint density at radius 2 is 2.18 bits per heavy atom. The molecule has 0 bridgehead atoms. The highest BCUT2D eigenvalue weighted by molar-refractivity contribution is 5.44. The zero-order valence-electron chi connectivity index (χ0n) is 12.8. The molecule has 118 valence electrons. The predicted octanol–water partition coefficient (Wildman–Crippen LogP) is 2.44. The number of furan rings is 1. The van der Waals surface area contributed by atoms with Crippen LogP contribution in [0.25, 0.3) is 11.6 Å². The summed E-state index contributed by atoms with van der Waals surface area (Å²) in [6.07, 6.45) is 8.15. The molecule has 2 aromatic heterocycles. The van der Waals surface area contributed by atoms with Crippen LogP contribution in [0.4, 0.5) is 0 Å². The molecule has 0 radical (unpaired) electrons. The first-order chi connectivity index (χ1) is 10.9. The number of nitrogens with one attached hydrogen (secondary N) is 1. The van der Waals surface area contributed by atoms with Crippen molar-refractivity contribution in [3.05, 3.63) is 24.3 Å². The van der Waals surface area contributed by atoms with Gasteiger partial charge in [0, 0.05) is 25.2 Å². The average Bonchev–Trinajstić information content (AvgIpc) is 3.22. The Bertz CT molecular complexity index is 593. The van der Waals surface area contributed by atoms with Gasteiger partial charge in [-0.15, -0.1) is 0 Å². The Hall–Kier alpha value is -1.66. The van der Waals surface area contributed by atoms with Gasteiger partial charge in [-0.2, -0.15) is 4.98 Å². The van der Waals surface area contributed by atoms with Crippen LogP contribution in [0, 0.1) is 0 Å². The molecule has 1 aliphatic carbocycles. The van der Waals surface area contributed by atoms with Gasteiger partial charge in [0.25, 0.3) is 0 Å². The lowest BCUT2D eigenvalue weighted by Crippen LogP contribution is -2.61. The van der Waals surface area contributed by atoms with E-state index in [1.54, 1.807) is 6.26 Å². The van der Waals surface area contributed by atoms with Crippen molar-refractivity contribution in [1.29, 1.82) is 0 Å². The molecule has 1 aliphatic heterocycles. The van der Waals surface area contributed by atoms with Crippen molar-refractivity contribution in [1.82, 2.24) is 20.4 Å². The first-order valence-corrected chi connectivity index (χ1v) is 8.18. The van der Waals surface area contributed by atoms with Crippen molar-refractivity contribution in [3.63, 3.8) is 0 Å². The summed E-state index contributed by atoms with van der Waals surface area (Å²) in [5.74, 6) is 1.87. The third-order valence-electron chi connectivity index (χ3n) is 5.00. The van der Waals surface area contributed by atoms with Crippen molar-refractivity contribution in [2.45, 2.75) is 44.2 Å². The normalized spacial score (nSPS) is 22.2. The van der Waals surface area contributed by atoms with Crippen LogP contribution < -0.4 is 5.32 Å². The highest BCUT2D eigenvalue weighted by Gasteiger charge is 2.40. The number of hydrogen-bond acceptors (Lipinski definition) is 6. The van der Waals surface area contributed by atoms with Crippen molar-refractivity contribution in [3.8, 4) is 11.6 Å². The van der Waals surface area contributed by atoms with E-state index < -0.39 is 0 Å². The van der Waals surface area contributed by atoms with Crippen LogP contribution in [0.15, 0.2) is 27.3 Å². The van der Waals surface area contributed by atoms with Gasteiger partial charge in [0.1, 0.15) is 0 Å². The molecule has 0 unspecified atom stereocenters. The number of nitrogens with zero attached hydrogens (tertiary/aromatic N) is 3. The zero-order chi connectivity index (χ0) is 14.8. The summed E-state index contributed by atoms with van der Waals surface area (Å²) in [6, 6.07) is 3.68. The van der Waals surface area contributed by atoms with Crippen LogP contribution in [0.3, 0.4) is 0 Å². The first-order valence-electron chi connectivity index (χ1n) is 8.18. The van der Waals surface area contributed by atoms with E-state index in [0.717, 1.165) is 26.2 Å². The van der Waals surface area contributed by atoms with Crippen molar-refractivity contribution >= 4 is 0 Å². The van der Waals surface area contributed by atoms with E-state index in [4.69, 9.17) is 8.94 Å². The molecule has 6 heteroatoms. The largest absolute Gasteiger partial charge is 0.461 e. The molecule has 1 N–H and O–H groups in total. The zero-order valence-corrected chi connectivity index (χ0v) is 12.8. The minimum atomic E-state index is 0.274. The molecule has 0 amide bonds. The van der Waals surface area contributed by atoms with E-state index in [9.17, 15) is 0 Å². The smallest absolute Gasteiger partial charge is 0.241 e. The minimum Gasteiger partial charge on any atom is -0.461 e. The second-order valence-electron chi connectivity index (χ2n) is 6.37. The van der Waals surface area contributed by atoms with Gasteiger partial charge >= 0.3 is 0 Å². The molecule has 1 saturated carbocycles. The van der Waals surface area contributed by atoms with E-state index in [1.807, 2.05) is 12.1 Å². The molecule has 1 saturated heterocycles. The fraction of sp³-hybridized carbons (Fsp3) is 0.625. The SMILES string of the molecule is c1coc(-c2noc(CN3CCNCC34CCCCC4)n2)c1. The maximum Gasteiger partial charge on any atom is 0.241 e. The highest BCUT2D eigenvalue weighted by atomic mass is 16.5. The van der Waals surface area contributed by atoms with Gasteiger partial charge in [-0.05, 0) is 25.0 Å². The molecule has 0 aromatic carbocycles. The van der Waals surface area contributed by atoms with Crippen LogP contribution in [0.5, 0.6) is 0 Å². The van der Waals surface area contributed by atoms with Crippen LogP contribution in [0.2, 0.25) is 0 Å². The molecular formula is C16H22N4O2. The Morgan fingerprint density at radius 1 is 1.27 bits per heavy atom. The molecule has 0 atom stereocenters. The number of rotatable bonds is 3. The topological polar surface area (TPSA) is 67.3 Å². The van der Waals surface area contributed by atoms with Gasteiger partial charge in [0.15, 0.2) is 5.76 Å². The lowest BCUT2D eigenvalue weighted by molar-refractivity contribution is 0.0135. The van der Waals surface area contributed by atoms with Crippen LogP contribution >= 0.6 is 0 Å². The van der Waals surface area contributed by atoms with Crippen molar-refractivity contribution < 1.29 is 8.94 Å². The molecule has 3 heterocycles. The quantitative estimate of drug-likeness (QED) is 0.939. The summed E-state index contributed by atoms with van der Waals surface area (Å²) < 4.78 is 10.8. The summed E-state index contributed by atoms with van der Waals surface area (Å²) in [7, 11) is 0. The van der Waals surface area contributed by atoms with Gasteiger partial charge in [-0.1, -0.05) is 24.4 Å². The number of hydrogen-bond donors (Lipinski definition) is 1. The minimum absolute atomic E-state index is 0.274. The Labute approximate surface area is 129 Å². The monoisotopic (exact) mass is 302 g/mol. The standard InChI is InChI=1S/C16H22N4O2/c1-2-6-16(7-3-1)12-17-8-9-20(16)11-14-18-15(19-22-14)13-5-4-10-21-13/h4-5,10,17H,1-3,6-9,11-12H2. The molecule has 2 fully saturated rings. The fourth-order valence-electron chi connectivity index (χ4n) is 3.82. The molecule has 22 heavy (non-hydrogen) atoms.